The number of para-hydroxylation sites is 1. The molecule has 1 fully saturated rings. The van der Waals surface area contributed by atoms with Crippen LogP contribution in [0.5, 0.6) is 0 Å². The molecule has 1 aliphatic rings. The van der Waals surface area contributed by atoms with Gasteiger partial charge in [-0.25, -0.2) is 9.67 Å². The second-order valence-corrected chi connectivity index (χ2v) is 6.72. The number of likely N-dealkylation sites (N-methyl/N-ethyl adjacent to an activating group) is 1. The maximum Gasteiger partial charge on any atom is 0.293 e. The molecule has 2 heterocycles. The lowest BCUT2D eigenvalue weighted by Gasteiger charge is -2.23. The quantitative estimate of drug-likeness (QED) is 0.718. The molecule has 0 bridgehead atoms. The molecular weight excluding hydrogens is 374 g/mol. The van der Waals surface area contributed by atoms with Crippen LogP contribution in [0.25, 0.3) is 17.1 Å². The number of rotatable bonds is 5. The molecular formula is C21H24ClN5O. The number of likely N-dealkylation sites (tertiary alicyclic amines) is 1. The van der Waals surface area contributed by atoms with Crippen LogP contribution in [0.2, 0.25) is 0 Å². The van der Waals surface area contributed by atoms with E-state index in [9.17, 15) is 4.79 Å². The molecule has 6 nitrogen and oxygen atoms in total. The molecule has 1 amide bonds. The van der Waals surface area contributed by atoms with Crippen molar-refractivity contribution >= 4 is 18.3 Å². The van der Waals surface area contributed by atoms with Crippen molar-refractivity contribution in [1.82, 2.24) is 25.0 Å². The van der Waals surface area contributed by atoms with Crippen molar-refractivity contribution in [2.45, 2.75) is 18.9 Å². The van der Waals surface area contributed by atoms with Crippen LogP contribution >= 0.6 is 12.4 Å². The lowest BCUT2D eigenvalue weighted by atomic mass is 10.2. The molecule has 1 N–H and O–H groups in total. The summed E-state index contributed by atoms with van der Waals surface area (Å²) in [6.45, 7) is 1.54. The van der Waals surface area contributed by atoms with Gasteiger partial charge >= 0.3 is 0 Å². The molecule has 1 aromatic heterocycles. The van der Waals surface area contributed by atoms with Crippen LogP contribution in [0, 0.1) is 0 Å². The number of hydrogen-bond donors (Lipinski definition) is 1. The lowest BCUT2D eigenvalue weighted by Crippen LogP contribution is -2.41. The van der Waals surface area contributed by atoms with E-state index >= 15 is 0 Å². The van der Waals surface area contributed by atoms with Gasteiger partial charge in [0.15, 0.2) is 5.82 Å². The van der Waals surface area contributed by atoms with Crippen LogP contribution in [0.1, 0.15) is 23.5 Å². The molecule has 1 aliphatic heterocycles. The van der Waals surface area contributed by atoms with E-state index in [0.29, 0.717) is 5.82 Å². The molecule has 1 saturated heterocycles. The smallest absolute Gasteiger partial charge is 0.293 e. The number of nitrogens with zero attached hydrogens (tertiary/aromatic N) is 4. The Kier molecular flexibility index (Phi) is 6.44. The number of hydrogen-bond acceptors (Lipinski definition) is 4. The van der Waals surface area contributed by atoms with Gasteiger partial charge in [-0.1, -0.05) is 48.5 Å². The molecule has 146 valence electrons. The fraction of sp³-hybridized carbons (Fsp3) is 0.286. The van der Waals surface area contributed by atoms with Crippen molar-refractivity contribution in [2.75, 3.05) is 20.1 Å². The van der Waals surface area contributed by atoms with Gasteiger partial charge in [0.1, 0.15) is 0 Å². The van der Waals surface area contributed by atoms with E-state index in [0.717, 1.165) is 37.2 Å². The predicted molar refractivity (Wildman–Crippen MR) is 112 cm³/mol. The molecule has 0 spiro atoms. The highest BCUT2D eigenvalue weighted by atomic mass is 35.5. The predicted octanol–water partition coefficient (Wildman–Crippen LogP) is 3.18. The Labute approximate surface area is 171 Å². The van der Waals surface area contributed by atoms with Crippen molar-refractivity contribution in [3.05, 3.63) is 66.5 Å². The molecule has 28 heavy (non-hydrogen) atoms. The molecule has 1 atom stereocenters. The third-order valence-electron chi connectivity index (χ3n) is 4.91. The van der Waals surface area contributed by atoms with Gasteiger partial charge in [-0.15, -0.1) is 17.5 Å². The monoisotopic (exact) mass is 397 g/mol. The number of nitrogens with one attached hydrogen (secondary N) is 1. The fourth-order valence-corrected chi connectivity index (χ4v) is 3.61. The molecule has 7 heteroatoms. The molecule has 3 aromatic rings. The summed E-state index contributed by atoms with van der Waals surface area (Å²) >= 11 is 0. The number of aromatic nitrogens is 3. The Hall–Kier alpha value is -2.70. The Morgan fingerprint density at radius 1 is 1.11 bits per heavy atom. The Bertz CT molecular complexity index is 856. The Balaban J connectivity index is 0.00000225. The first kappa shape index (κ1) is 20.0. The molecule has 0 saturated carbocycles. The zero-order valence-corrected chi connectivity index (χ0v) is 16.6. The summed E-state index contributed by atoms with van der Waals surface area (Å²) in [5, 5.41) is 7.76. The zero-order valence-electron chi connectivity index (χ0n) is 15.8. The van der Waals surface area contributed by atoms with Crippen LogP contribution in [0.15, 0.2) is 60.7 Å². The number of benzene rings is 2. The first-order valence-corrected chi connectivity index (χ1v) is 9.31. The zero-order chi connectivity index (χ0) is 18.6. The molecule has 0 aliphatic carbocycles. The number of amides is 1. The second-order valence-electron chi connectivity index (χ2n) is 6.72. The third-order valence-corrected chi connectivity index (χ3v) is 4.91. The number of carbonyl (C=O) groups excluding carboxylic acids is 1. The van der Waals surface area contributed by atoms with Gasteiger partial charge in [0.2, 0.25) is 5.82 Å². The SMILES string of the molecule is CNCC1CCCN1C(=O)c1nc(-c2ccccc2)n(-c2ccccc2)n1.Cl. The van der Waals surface area contributed by atoms with Gasteiger partial charge in [0.05, 0.1) is 5.69 Å². The minimum atomic E-state index is -0.0976. The fourth-order valence-electron chi connectivity index (χ4n) is 3.61. The van der Waals surface area contributed by atoms with E-state index < -0.39 is 0 Å². The maximum atomic E-state index is 13.1. The highest BCUT2D eigenvalue weighted by molar-refractivity contribution is 5.91. The van der Waals surface area contributed by atoms with Crippen LogP contribution in [-0.2, 0) is 0 Å². The van der Waals surface area contributed by atoms with Gasteiger partial charge in [0, 0.05) is 24.7 Å². The Morgan fingerprint density at radius 3 is 2.46 bits per heavy atom. The van der Waals surface area contributed by atoms with Crippen LogP contribution in [0.4, 0.5) is 0 Å². The minimum absolute atomic E-state index is 0. The molecule has 4 rings (SSSR count). The first-order chi connectivity index (χ1) is 13.3. The van der Waals surface area contributed by atoms with Crippen molar-refractivity contribution in [3.8, 4) is 17.1 Å². The van der Waals surface area contributed by atoms with Crippen LogP contribution in [-0.4, -0.2) is 51.8 Å². The summed E-state index contributed by atoms with van der Waals surface area (Å²) in [5.74, 6) is 0.829. The van der Waals surface area contributed by atoms with Gasteiger partial charge in [0.25, 0.3) is 5.91 Å². The highest BCUT2D eigenvalue weighted by Gasteiger charge is 2.31. The summed E-state index contributed by atoms with van der Waals surface area (Å²) in [4.78, 5) is 19.7. The second kappa shape index (κ2) is 8.99. The van der Waals surface area contributed by atoms with E-state index in [2.05, 4.69) is 15.4 Å². The van der Waals surface area contributed by atoms with Crippen molar-refractivity contribution in [2.24, 2.45) is 0 Å². The first-order valence-electron chi connectivity index (χ1n) is 9.31. The van der Waals surface area contributed by atoms with E-state index in [4.69, 9.17) is 0 Å². The Morgan fingerprint density at radius 2 is 1.79 bits per heavy atom. The normalized spacial score (nSPS) is 16.0. The topological polar surface area (TPSA) is 63.1 Å². The van der Waals surface area contributed by atoms with Crippen LogP contribution in [0.3, 0.4) is 0 Å². The number of carbonyl (C=O) groups is 1. The van der Waals surface area contributed by atoms with Crippen LogP contribution < -0.4 is 5.32 Å². The lowest BCUT2D eigenvalue weighted by molar-refractivity contribution is 0.0725. The van der Waals surface area contributed by atoms with Crippen molar-refractivity contribution in [3.63, 3.8) is 0 Å². The van der Waals surface area contributed by atoms with Crippen molar-refractivity contribution < 1.29 is 4.79 Å². The van der Waals surface area contributed by atoms with E-state index in [1.807, 2.05) is 72.6 Å². The van der Waals surface area contributed by atoms with Gasteiger partial charge in [-0.05, 0) is 32.0 Å². The minimum Gasteiger partial charge on any atom is -0.332 e. The average molecular weight is 398 g/mol. The maximum absolute atomic E-state index is 13.1. The highest BCUT2D eigenvalue weighted by Crippen LogP contribution is 2.23. The molecule has 2 aromatic carbocycles. The molecule has 0 radical (unpaired) electrons. The van der Waals surface area contributed by atoms with E-state index in [-0.39, 0.29) is 30.2 Å². The average Bonchev–Trinajstić information content (AvgIpc) is 3.36. The van der Waals surface area contributed by atoms with Crippen molar-refractivity contribution in [1.29, 1.82) is 0 Å². The van der Waals surface area contributed by atoms with Gasteiger partial charge < -0.3 is 10.2 Å². The molecule has 1 unspecified atom stereocenters. The summed E-state index contributed by atoms with van der Waals surface area (Å²) in [7, 11) is 1.91. The third kappa shape index (κ3) is 3.93. The van der Waals surface area contributed by atoms with E-state index in [1.165, 1.54) is 0 Å². The summed E-state index contributed by atoms with van der Waals surface area (Å²) in [5.41, 5.74) is 1.82. The largest absolute Gasteiger partial charge is 0.332 e. The van der Waals surface area contributed by atoms with Gasteiger partial charge in [-0.3, -0.25) is 4.79 Å². The summed E-state index contributed by atoms with van der Waals surface area (Å²) in [6, 6.07) is 19.9. The van der Waals surface area contributed by atoms with Gasteiger partial charge in [-0.2, -0.15) is 0 Å². The number of halogens is 1. The van der Waals surface area contributed by atoms with E-state index in [1.54, 1.807) is 4.68 Å². The standard InChI is InChI=1S/C21H23N5O.ClH/c1-22-15-18-13-8-14-25(18)21(27)19-23-20(16-9-4-2-5-10-16)26(24-19)17-11-6-3-7-12-17;/h2-7,9-12,18,22H,8,13-15H2,1H3;1H. The summed E-state index contributed by atoms with van der Waals surface area (Å²) in [6.07, 6.45) is 2.03. The summed E-state index contributed by atoms with van der Waals surface area (Å²) < 4.78 is 1.76.